The number of aromatic nitrogens is 2. The zero-order chi connectivity index (χ0) is 24.6. The molecule has 0 bridgehead atoms. The Balaban J connectivity index is 1.60. The monoisotopic (exact) mass is 465 g/mol. The molecule has 36 heavy (non-hydrogen) atoms. The summed E-state index contributed by atoms with van der Waals surface area (Å²) in [7, 11) is 2.18. The minimum absolute atomic E-state index is 1.16. The first-order valence-corrected chi connectivity index (χ1v) is 12.4. The minimum atomic E-state index is 1.16. The Labute approximate surface area is 212 Å². The number of hydrogen-bond acceptors (Lipinski definition) is 0. The van der Waals surface area contributed by atoms with E-state index in [-0.39, 0.29) is 0 Å². The van der Waals surface area contributed by atoms with Crippen molar-refractivity contribution in [3.63, 3.8) is 0 Å². The molecule has 2 nitrogen and oxygen atoms in total. The first-order chi connectivity index (χ1) is 17.6. The van der Waals surface area contributed by atoms with E-state index in [0.717, 1.165) is 5.69 Å². The fourth-order valence-corrected chi connectivity index (χ4v) is 5.14. The minimum Gasteiger partial charge on any atom is -0.225 e. The van der Waals surface area contributed by atoms with Gasteiger partial charge in [-0.15, -0.1) is 0 Å². The van der Waals surface area contributed by atoms with Crippen LogP contribution in [-0.2, 0) is 7.05 Å². The highest BCUT2D eigenvalue weighted by atomic mass is 15.2. The van der Waals surface area contributed by atoms with Gasteiger partial charge in [-0.1, -0.05) is 90.5 Å². The smallest absolute Gasteiger partial charge is 0.225 e. The van der Waals surface area contributed by atoms with Gasteiger partial charge in [0.05, 0.1) is 12.6 Å². The van der Waals surface area contributed by atoms with Crippen LogP contribution in [0.5, 0.6) is 0 Å². The summed E-state index contributed by atoms with van der Waals surface area (Å²) in [5.74, 6) is 1.18. The molecule has 0 unspecified atom stereocenters. The Hall–Kier alpha value is -4.43. The van der Waals surface area contributed by atoms with E-state index in [4.69, 9.17) is 0 Å². The van der Waals surface area contributed by atoms with Gasteiger partial charge in [-0.3, -0.25) is 0 Å². The summed E-state index contributed by atoms with van der Waals surface area (Å²) in [5.41, 5.74) is 12.2. The average molecular weight is 466 g/mol. The number of imidazole rings is 1. The lowest BCUT2D eigenvalue weighted by Crippen LogP contribution is -2.30. The first kappa shape index (κ1) is 22.1. The van der Waals surface area contributed by atoms with Crippen LogP contribution in [0.1, 0.15) is 11.1 Å². The molecule has 0 amide bonds. The van der Waals surface area contributed by atoms with Crippen LogP contribution in [0.2, 0.25) is 0 Å². The molecule has 0 radical (unpaired) electrons. The molecule has 1 aromatic heterocycles. The zero-order valence-electron chi connectivity index (χ0n) is 20.9. The van der Waals surface area contributed by atoms with E-state index >= 15 is 0 Å². The lowest BCUT2D eigenvalue weighted by molar-refractivity contribution is -0.633. The van der Waals surface area contributed by atoms with Crippen LogP contribution in [0, 0.1) is 13.8 Å². The van der Waals surface area contributed by atoms with Gasteiger partial charge in [0, 0.05) is 0 Å². The van der Waals surface area contributed by atoms with Crippen LogP contribution in [0.4, 0.5) is 0 Å². The third kappa shape index (κ3) is 3.81. The normalized spacial score (nSPS) is 11.2. The van der Waals surface area contributed by atoms with E-state index in [9.17, 15) is 0 Å². The maximum Gasteiger partial charge on any atom is 0.295 e. The largest absolute Gasteiger partial charge is 0.295 e. The molecule has 0 atom stereocenters. The molecule has 6 rings (SSSR count). The van der Waals surface area contributed by atoms with Crippen LogP contribution in [0.15, 0.2) is 121 Å². The maximum atomic E-state index is 2.40. The summed E-state index contributed by atoms with van der Waals surface area (Å²) in [6.45, 7) is 4.36. The second-order valence-corrected chi connectivity index (χ2v) is 9.52. The Morgan fingerprint density at radius 1 is 0.556 bits per heavy atom. The van der Waals surface area contributed by atoms with Crippen molar-refractivity contribution in [1.82, 2.24) is 4.57 Å². The van der Waals surface area contributed by atoms with Gasteiger partial charge in [-0.2, -0.15) is 4.57 Å². The van der Waals surface area contributed by atoms with Crippen molar-refractivity contribution in [2.24, 2.45) is 7.05 Å². The Kier molecular flexibility index (Phi) is 5.50. The molecule has 0 spiro atoms. The van der Waals surface area contributed by atoms with E-state index in [0.29, 0.717) is 0 Å². The number of nitrogens with zero attached hydrogens (tertiary/aromatic N) is 2. The summed E-state index contributed by atoms with van der Waals surface area (Å²) in [5, 5.41) is 0. The number of hydrogen-bond donors (Lipinski definition) is 0. The summed E-state index contributed by atoms with van der Waals surface area (Å²) < 4.78 is 4.75. The molecule has 0 saturated heterocycles. The van der Waals surface area contributed by atoms with Gasteiger partial charge in [0.2, 0.25) is 0 Å². The molecule has 0 aliphatic heterocycles. The third-order valence-electron chi connectivity index (χ3n) is 7.08. The Bertz CT molecular complexity index is 1680. The van der Waals surface area contributed by atoms with Gasteiger partial charge < -0.3 is 0 Å². The van der Waals surface area contributed by atoms with Gasteiger partial charge in [-0.25, -0.2) is 4.57 Å². The van der Waals surface area contributed by atoms with E-state index < -0.39 is 0 Å². The molecule has 0 saturated carbocycles. The van der Waals surface area contributed by atoms with Crippen LogP contribution in [0.25, 0.3) is 50.4 Å². The second kappa shape index (κ2) is 8.98. The Morgan fingerprint density at radius 3 is 1.81 bits per heavy atom. The SMILES string of the molecule is Cc1ccc(C)c(-c2n(-c3ccc(-c4ccccc4)cc3)c3ccc(-c4ccccc4)cc3[n+]2C)c1. The van der Waals surface area contributed by atoms with E-state index in [1.54, 1.807) is 0 Å². The molecule has 2 heteroatoms. The fraction of sp³-hybridized carbons (Fsp3) is 0.0882. The van der Waals surface area contributed by atoms with Crippen LogP contribution >= 0.6 is 0 Å². The molecule has 174 valence electrons. The van der Waals surface area contributed by atoms with Gasteiger partial charge in [0.1, 0.15) is 5.69 Å². The quantitative estimate of drug-likeness (QED) is 0.233. The van der Waals surface area contributed by atoms with Gasteiger partial charge in [0.25, 0.3) is 5.82 Å². The molecule has 0 N–H and O–H groups in total. The Morgan fingerprint density at radius 2 is 1.14 bits per heavy atom. The molecular weight excluding hydrogens is 436 g/mol. The summed E-state index contributed by atoms with van der Waals surface area (Å²) in [4.78, 5) is 0. The number of fused-ring (bicyclic) bond motifs is 1. The standard InChI is InChI=1S/C34H29N2/c1-24-14-15-25(2)31(22-24)34-35(3)33-23-29(27-12-8-5-9-13-27)18-21-32(33)36(34)30-19-16-28(17-20-30)26-10-6-4-7-11-26/h4-23H,1-3H3/q+1. The number of aryl methyl sites for hydroxylation is 3. The van der Waals surface area contributed by atoms with Crippen molar-refractivity contribution >= 4 is 11.0 Å². The van der Waals surface area contributed by atoms with Crippen molar-refractivity contribution in [2.45, 2.75) is 13.8 Å². The van der Waals surface area contributed by atoms with Gasteiger partial charge in [-0.05, 0) is 78.1 Å². The molecular formula is C34H29N2+. The second-order valence-electron chi connectivity index (χ2n) is 9.52. The molecule has 0 aliphatic carbocycles. The van der Waals surface area contributed by atoms with Crippen molar-refractivity contribution in [3.05, 3.63) is 132 Å². The summed E-state index contributed by atoms with van der Waals surface area (Å²) in [6, 6.07) is 43.6. The van der Waals surface area contributed by atoms with Crippen molar-refractivity contribution in [2.75, 3.05) is 0 Å². The van der Waals surface area contributed by atoms with Crippen molar-refractivity contribution in [3.8, 4) is 39.3 Å². The van der Waals surface area contributed by atoms with Crippen LogP contribution < -0.4 is 4.57 Å². The van der Waals surface area contributed by atoms with Gasteiger partial charge in [0.15, 0.2) is 11.0 Å². The fourth-order valence-electron chi connectivity index (χ4n) is 5.14. The third-order valence-corrected chi connectivity index (χ3v) is 7.08. The lowest BCUT2D eigenvalue weighted by Gasteiger charge is -2.08. The predicted molar refractivity (Wildman–Crippen MR) is 150 cm³/mol. The van der Waals surface area contributed by atoms with E-state index in [2.05, 4.69) is 151 Å². The zero-order valence-corrected chi connectivity index (χ0v) is 20.9. The van der Waals surface area contributed by atoms with E-state index in [1.807, 2.05) is 0 Å². The number of rotatable bonds is 4. The molecule has 5 aromatic carbocycles. The van der Waals surface area contributed by atoms with Crippen molar-refractivity contribution in [1.29, 1.82) is 0 Å². The molecule has 0 aliphatic rings. The lowest BCUT2D eigenvalue weighted by atomic mass is 10.0. The number of benzene rings is 5. The highest BCUT2D eigenvalue weighted by Crippen LogP contribution is 2.32. The highest BCUT2D eigenvalue weighted by Gasteiger charge is 2.27. The average Bonchev–Trinajstić information content (AvgIpc) is 3.22. The van der Waals surface area contributed by atoms with Crippen LogP contribution in [-0.4, -0.2) is 4.57 Å². The topological polar surface area (TPSA) is 8.81 Å². The molecule has 0 fully saturated rings. The maximum absolute atomic E-state index is 2.40. The van der Waals surface area contributed by atoms with Gasteiger partial charge >= 0.3 is 0 Å². The van der Waals surface area contributed by atoms with Crippen molar-refractivity contribution < 1.29 is 4.57 Å². The van der Waals surface area contributed by atoms with Crippen LogP contribution in [0.3, 0.4) is 0 Å². The molecule has 6 aromatic rings. The van der Waals surface area contributed by atoms with E-state index in [1.165, 1.54) is 55.8 Å². The summed E-state index contributed by atoms with van der Waals surface area (Å²) in [6.07, 6.45) is 0. The predicted octanol–water partition coefficient (Wildman–Crippen LogP) is 8.07. The summed E-state index contributed by atoms with van der Waals surface area (Å²) >= 11 is 0. The molecule has 1 heterocycles. The highest BCUT2D eigenvalue weighted by molar-refractivity contribution is 5.84. The first-order valence-electron chi connectivity index (χ1n) is 12.4.